The van der Waals surface area contributed by atoms with E-state index in [1.54, 1.807) is 7.05 Å². The monoisotopic (exact) mass is 268 g/mol. The van der Waals surface area contributed by atoms with Gasteiger partial charge < -0.3 is 4.90 Å². The van der Waals surface area contributed by atoms with E-state index in [1.807, 2.05) is 18.2 Å². The van der Waals surface area contributed by atoms with Gasteiger partial charge in [-0.1, -0.05) is 18.2 Å². The summed E-state index contributed by atoms with van der Waals surface area (Å²) >= 11 is 0. The summed E-state index contributed by atoms with van der Waals surface area (Å²) in [6, 6.07) is 8.01. The van der Waals surface area contributed by atoms with Crippen molar-refractivity contribution in [3.8, 4) is 0 Å². The molecule has 1 heterocycles. The van der Waals surface area contributed by atoms with Crippen molar-refractivity contribution < 1.29 is 8.42 Å². The number of rotatable bonds is 2. The molecule has 0 saturated carbocycles. The van der Waals surface area contributed by atoms with Crippen molar-refractivity contribution in [2.75, 3.05) is 31.8 Å². The zero-order valence-corrected chi connectivity index (χ0v) is 11.9. The second-order valence-electron chi connectivity index (χ2n) is 4.92. The van der Waals surface area contributed by atoms with Crippen LogP contribution in [0, 0.1) is 0 Å². The van der Waals surface area contributed by atoms with Crippen molar-refractivity contribution in [2.24, 2.45) is 0 Å². The lowest BCUT2D eigenvalue weighted by molar-refractivity contribution is 0.360. The molecular weight excluding hydrogens is 248 g/mol. The van der Waals surface area contributed by atoms with Gasteiger partial charge in [0.25, 0.3) is 0 Å². The molecule has 2 rings (SSSR count). The van der Waals surface area contributed by atoms with Crippen molar-refractivity contribution in [2.45, 2.75) is 18.9 Å². The Labute approximate surface area is 109 Å². The maximum atomic E-state index is 11.7. The maximum absolute atomic E-state index is 11.7. The minimum Gasteiger partial charge on any atom is -0.374 e. The standard InChI is InChI=1S/C13H20N2O2S/c1-14-10-6-9-13(15(2)18(3,16)17)11-7-4-5-8-12(11)14/h4-5,7-8,13H,6,9-10H2,1-3H3. The molecule has 0 bridgehead atoms. The molecular formula is C13H20N2O2S. The van der Waals surface area contributed by atoms with Crippen molar-refractivity contribution in [3.05, 3.63) is 29.8 Å². The Balaban J connectivity index is 2.47. The van der Waals surface area contributed by atoms with Crippen LogP contribution < -0.4 is 4.90 Å². The SMILES string of the molecule is CN1CCCC(N(C)S(C)(=O)=O)c2ccccc21. The van der Waals surface area contributed by atoms with E-state index in [0.717, 1.165) is 30.6 Å². The average molecular weight is 268 g/mol. The van der Waals surface area contributed by atoms with Crippen LogP contribution >= 0.6 is 0 Å². The number of anilines is 1. The van der Waals surface area contributed by atoms with Crippen LogP contribution in [-0.4, -0.2) is 39.6 Å². The van der Waals surface area contributed by atoms with E-state index in [1.165, 1.54) is 10.6 Å². The lowest BCUT2D eigenvalue weighted by atomic mass is 10.0. The highest BCUT2D eigenvalue weighted by atomic mass is 32.2. The normalized spacial score (nSPS) is 20.7. The van der Waals surface area contributed by atoms with Crippen molar-refractivity contribution >= 4 is 15.7 Å². The lowest BCUT2D eigenvalue weighted by Crippen LogP contribution is -2.30. The number of fused-ring (bicyclic) bond motifs is 1. The van der Waals surface area contributed by atoms with Crippen molar-refractivity contribution in [3.63, 3.8) is 0 Å². The van der Waals surface area contributed by atoms with E-state index in [9.17, 15) is 8.42 Å². The van der Waals surface area contributed by atoms with Gasteiger partial charge in [-0.3, -0.25) is 0 Å². The molecule has 0 saturated heterocycles. The van der Waals surface area contributed by atoms with Gasteiger partial charge in [-0.2, -0.15) is 4.31 Å². The van der Waals surface area contributed by atoms with E-state index < -0.39 is 10.0 Å². The van der Waals surface area contributed by atoms with Crippen LogP contribution in [0.5, 0.6) is 0 Å². The Kier molecular flexibility index (Phi) is 3.64. The maximum Gasteiger partial charge on any atom is 0.211 e. The molecule has 0 spiro atoms. The molecule has 5 heteroatoms. The predicted molar refractivity (Wildman–Crippen MR) is 74.3 cm³/mol. The van der Waals surface area contributed by atoms with Gasteiger partial charge in [0.1, 0.15) is 0 Å². The van der Waals surface area contributed by atoms with Gasteiger partial charge >= 0.3 is 0 Å². The second kappa shape index (κ2) is 4.90. The van der Waals surface area contributed by atoms with Crippen LogP contribution in [0.1, 0.15) is 24.4 Å². The quantitative estimate of drug-likeness (QED) is 0.822. The average Bonchev–Trinajstić information content (AvgIpc) is 2.47. The summed E-state index contributed by atoms with van der Waals surface area (Å²) in [6.07, 6.45) is 3.13. The molecule has 4 nitrogen and oxygen atoms in total. The fourth-order valence-electron chi connectivity index (χ4n) is 2.52. The summed E-state index contributed by atoms with van der Waals surface area (Å²) in [6.45, 7) is 0.963. The van der Waals surface area contributed by atoms with Crippen LogP contribution in [0.3, 0.4) is 0 Å². The third-order valence-electron chi connectivity index (χ3n) is 3.64. The zero-order valence-electron chi connectivity index (χ0n) is 11.1. The first kappa shape index (κ1) is 13.4. The second-order valence-corrected chi connectivity index (χ2v) is 6.96. The van der Waals surface area contributed by atoms with Crippen LogP contribution in [0.4, 0.5) is 5.69 Å². The Hall–Kier alpha value is -1.07. The van der Waals surface area contributed by atoms with Gasteiger partial charge in [0.15, 0.2) is 0 Å². The molecule has 0 aromatic heterocycles. The highest BCUT2D eigenvalue weighted by Crippen LogP contribution is 2.36. The Morgan fingerprint density at radius 2 is 2.00 bits per heavy atom. The summed E-state index contributed by atoms with van der Waals surface area (Å²) in [5.74, 6) is 0. The summed E-state index contributed by atoms with van der Waals surface area (Å²) in [7, 11) is 0.562. The molecule has 1 aliphatic heterocycles. The van der Waals surface area contributed by atoms with Gasteiger partial charge in [-0.05, 0) is 24.5 Å². The zero-order chi connectivity index (χ0) is 13.3. The Morgan fingerprint density at radius 1 is 1.33 bits per heavy atom. The minimum atomic E-state index is -3.16. The summed E-state index contributed by atoms with van der Waals surface area (Å²) < 4.78 is 25.0. The first-order valence-electron chi connectivity index (χ1n) is 6.14. The van der Waals surface area contributed by atoms with Crippen LogP contribution in [0.25, 0.3) is 0 Å². The summed E-state index contributed by atoms with van der Waals surface area (Å²) in [4.78, 5) is 2.20. The molecule has 0 amide bonds. The lowest BCUT2D eigenvalue weighted by Gasteiger charge is -2.27. The molecule has 18 heavy (non-hydrogen) atoms. The van der Waals surface area contributed by atoms with Gasteiger partial charge in [-0.25, -0.2) is 8.42 Å². The fourth-order valence-corrected chi connectivity index (χ4v) is 3.20. The van der Waals surface area contributed by atoms with Gasteiger partial charge in [0.2, 0.25) is 10.0 Å². The van der Waals surface area contributed by atoms with Crippen LogP contribution in [0.15, 0.2) is 24.3 Å². The third-order valence-corrected chi connectivity index (χ3v) is 4.94. The number of sulfonamides is 1. The van der Waals surface area contributed by atoms with E-state index in [4.69, 9.17) is 0 Å². The van der Waals surface area contributed by atoms with Crippen LogP contribution in [0.2, 0.25) is 0 Å². The number of benzene rings is 1. The molecule has 1 atom stereocenters. The van der Waals surface area contributed by atoms with E-state index in [0.29, 0.717) is 0 Å². The van der Waals surface area contributed by atoms with Crippen LogP contribution in [-0.2, 0) is 10.0 Å². The number of hydrogen-bond acceptors (Lipinski definition) is 3. The number of para-hydroxylation sites is 1. The number of nitrogens with zero attached hydrogens (tertiary/aromatic N) is 2. The molecule has 0 aliphatic carbocycles. The summed E-state index contributed by atoms with van der Waals surface area (Å²) in [5.41, 5.74) is 2.24. The summed E-state index contributed by atoms with van der Waals surface area (Å²) in [5, 5.41) is 0. The van der Waals surface area contributed by atoms with Gasteiger partial charge in [0, 0.05) is 26.3 Å². The van der Waals surface area contributed by atoms with E-state index in [2.05, 4.69) is 18.0 Å². The molecule has 1 unspecified atom stereocenters. The molecule has 1 aromatic carbocycles. The first-order chi connectivity index (χ1) is 8.41. The fraction of sp³-hybridized carbons (Fsp3) is 0.538. The smallest absolute Gasteiger partial charge is 0.211 e. The molecule has 0 N–H and O–H groups in total. The molecule has 1 aliphatic rings. The van der Waals surface area contributed by atoms with Crippen molar-refractivity contribution in [1.82, 2.24) is 4.31 Å². The minimum absolute atomic E-state index is 0.0545. The molecule has 0 fully saturated rings. The highest BCUT2D eigenvalue weighted by Gasteiger charge is 2.28. The Bertz CT molecular complexity index is 528. The van der Waals surface area contributed by atoms with Crippen molar-refractivity contribution in [1.29, 1.82) is 0 Å². The van der Waals surface area contributed by atoms with E-state index >= 15 is 0 Å². The van der Waals surface area contributed by atoms with Gasteiger partial charge in [0.05, 0.1) is 12.3 Å². The molecule has 1 aromatic rings. The Morgan fingerprint density at radius 3 is 2.67 bits per heavy atom. The van der Waals surface area contributed by atoms with E-state index in [-0.39, 0.29) is 6.04 Å². The molecule has 100 valence electrons. The first-order valence-corrected chi connectivity index (χ1v) is 7.99. The number of hydrogen-bond donors (Lipinski definition) is 0. The topological polar surface area (TPSA) is 40.6 Å². The highest BCUT2D eigenvalue weighted by molar-refractivity contribution is 7.88. The predicted octanol–water partition coefficient (Wildman–Crippen LogP) is 1.85. The van der Waals surface area contributed by atoms with Gasteiger partial charge in [-0.15, -0.1) is 0 Å². The molecule has 0 radical (unpaired) electrons. The largest absolute Gasteiger partial charge is 0.374 e. The third kappa shape index (κ3) is 2.52.